The Hall–Kier alpha value is -2.68. The molecule has 1 saturated heterocycles. The Morgan fingerprint density at radius 1 is 1.06 bits per heavy atom. The van der Waals surface area contributed by atoms with Gasteiger partial charge in [-0.3, -0.25) is 9.59 Å². The maximum atomic E-state index is 13.0. The first-order valence-electron chi connectivity index (χ1n) is 9.83. The van der Waals surface area contributed by atoms with Crippen molar-refractivity contribution < 1.29 is 18.0 Å². The second-order valence-corrected chi connectivity index (χ2v) is 9.42. The molecule has 2 amide bonds. The molecule has 3 rings (SSSR count). The van der Waals surface area contributed by atoms with Gasteiger partial charge in [0.2, 0.25) is 15.9 Å². The summed E-state index contributed by atoms with van der Waals surface area (Å²) in [5.74, 6) is -0.460. The summed E-state index contributed by atoms with van der Waals surface area (Å²) in [5.41, 5.74) is 1.01. The molecular formula is C22H24ClN3O4S. The van der Waals surface area contributed by atoms with Crippen LogP contribution in [0.5, 0.6) is 0 Å². The molecule has 31 heavy (non-hydrogen) atoms. The van der Waals surface area contributed by atoms with E-state index in [-0.39, 0.29) is 41.8 Å². The number of carbonyl (C=O) groups excluding carboxylic acids is 2. The van der Waals surface area contributed by atoms with Gasteiger partial charge in [-0.15, -0.1) is 6.58 Å². The largest absolute Gasteiger partial charge is 0.349 e. The standard InChI is InChI=1S/C22H24ClN3O4S/c1-2-10-24-22(28)18-7-5-8-19(15-18)31(29,30)26-13-11-25(12-14-26)21(27)16-17-6-3-4-9-20(17)23/h2-9,15H,1,10-14,16H2,(H,24,28). The van der Waals surface area contributed by atoms with Crippen LogP contribution in [0.25, 0.3) is 0 Å². The Morgan fingerprint density at radius 3 is 2.45 bits per heavy atom. The van der Waals surface area contributed by atoms with Crippen LogP contribution in [0.1, 0.15) is 15.9 Å². The maximum absolute atomic E-state index is 13.0. The van der Waals surface area contributed by atoms with Gasteiger partial charge in [-0.05, 0) is 29.8 Å². The van der Waals surface area contributed by atoms with Crippen molar-refractivity contribution in [1.29, 1.82) is 0 Å². The number of hydrogen-bond donors (Lipinski definition) is 1. The number of piperazine rings is 1. The summed E-state index contributed by atoms with van der Waals surface area (Å²) < 4.78 is 27.4. The lowest BCUT2D eigenvalue weighted by molar-refractivity contribution is -0.131. The molecule has 164 valence electrons. The lowest BCUT2D eigenvalue weighted by Gasteiger charge is -2.34. The predicted molar refractivity (Wildman–Crippen MR) is 119 cm³/mol. The molecule has 0 unspecified atom stereocenters. The van der Waals surface area contributed by atoms with Gasteiger partial charge < -0.3 is 10.2 Å². The van der Waals surface area contributed by atoms with Crippen LogP contribution in [0.15, 0.2) is 66.1 Å². The highest BCUT2D eigenvalue weighted by Gasteiger charge is 2.30. The van der Waals surface area contributed by atoms with E-state index in [0.29, 0.717) is 24.7 Å². The Labute approximate surface area is 187 Å². The summed E-state index contributed by atoms with van der Waals surface area (Å²) in [5, 5.41) is 3.17. The molecule has 7 nitrogen and oxygen atoms in total. The number of carbonyl (C=O) groups is 2. The van der Waals surface area contributed by atoms with Crippen LogP contribution in [-0.4, -0.2) is 62.2 Å². The quantitative estimate of drug-likeness (QED) is 0.641. The van der Waals surface area contributed by atoms with E-state index in [1.165, 1.54) is 16.4 Å². The average Bonchev–Trinajstić information content (AvgIpc) is 2.79. The van der Waals surface area contributed by atoms with E-state index in [4.69, 9.17) is 11.6 Å². The number of nitrogens with one attached hydrogen (secondary N) is 1. The van der Waals surface area contributed by atoms with E-state index in [9.17, 15) is 18.0 Å². The summed E-state index contributed by atoms with van der Waals surface area (Å²) in [7, 11) is -3.78. The zero-order chi connectivity index (χ0) is 22.4. The van der Waals surface area contributed by atoms with Crippen LogP contribution >= 0.6 is 11.6 Å². The molecule has 0 aromatic heterocycles. The first-order valence-corrected chi connectivity index (χ1v) is 11.6. The van der Waals surface area contributed by atoms with E-state index >= 15 is 0 Å². The predicted octanol–water partition coefficient (Wildman–Crippen LogP) is 2.33. The van der Waals surface area contributed by atoms with Gasteiger partial charge in [0.15, 0.2) is 0 Å². The fraction of sp³-hybridized carbons (Fsp3) is 0.273. The summed E-state index contributed by atoms with van der Waals surface area (Å²) in [6, 6.07) is 13.1. The fourth-order valence-electron chi connectivity index (χ4n) is 3.31. The van der Waals surface area contributed by atoms with Gasteiger partial charge >= 0.3 is 0 Å². The van der Waals surface area contributed by atoms with Crippen molar-refractivity contribution in [2.24, 2.45) is 0 Å². The summed E-state index contributed by atoms with van der Waals surface area (Å²) in [6.45, 7) is 4.79. The molecule has 2 aromatic carbocycles. The van der Waals surface area contributed by atoms with Gasteiger partial charge in [-0.1, -0.05) is 41.9 Å². The van der Waals surface area contributed by atoms with Crippen LogP contribution < -0.4 is 5.32 Å². The molecule has 0 atom stereocenters. The highest BCUT2D eigenvalue weighted by Crippen LogP contribution is 2.20. The maximum Gasteiger partial charge on any atom is 0.251 e. The Kier molecular flexibility index (Phi) is 7.48. The van der Waals surface area contributed by atoms with Crippen molar-refractivity contribution in [2.45, 2.75) is 11.3 Å². The molecule has 2 aromatic rings. The van der Waals surface area contributed by atoms with Crippen LogP contribution in [0.4, 0.5) is 0 Å². The molecule has 1 N–H and O–H groups in total. The normalized spacial score (nSPS) is 14.8. The Balaban J connectivity index is 1.64. The van der Waals surface area contributed by atoms with Crippen molar-refractivity contribution in [1.82, 2.24) is 14.5 Å². The van der Waals surface area contributed by atoms with Gasteiger partial charge in [0.1, 0.15) is 0 Å². The van der Waals surface area contributed by atoms with E-state index in [2.05, 4.69) is 11.9 Å². The number of amides is 2. The monoisotopic (exact) mass is 461 g/mol. The Morgan fingerprint density at radius 2 is 1.77 bits per heavy atom. The van der Waals surface area contributed by atoms with Crippen molar-refractivity contribution in [3.05, 3.63) is 77.3 Å². The topological polar surface area (TPSA) is 86.8 Å². The Bertz CT molecular complexity index is 1080. The van der Waals surface area contributed by atoms with E-state index < -0.39 is 10.0 Å². The molecule has 0 aliphatic carbocycles. The average molecular weight is 462 g/mol. The molecule has 0 saturated carbocycles. The van der Waals surface area contributed by atoms with E-state index in [0.717, 1.165) is 5.56 Å². The molecule has 1 aliphatic rings. The van der Waals surface area contributed by atoms with Gasteiger partial charge in [-0.25, -0.2) is 8.42 Å². The molecule has 9 heteroatoms. The van der Waals surface area contributed by atoms with E-state index in [1.54, 1.807) is 41.3 Å². The lowest BCUT2D eigenvalue weighted by Crippen LogP contribution is -2.50. The third-order valence-electron chi connectivity index (χ3n) is 5.03. The molecule has 0 spiro atoms. The first-order chi connectivity index (χ1) is 14.8. The second-order valence-electron chi connectivity index (χ2n) is 7.08. The van der Waals surface area contributed by atoms with Crippen LogP contribution in [-0.2, 0) is 21.2 Å². The van der Waals surface area contributed by atoms with Crippen LogP contribution in [0.2, 0.25) is 5.02 Å². The van der Waals surface area contributed by atoms with Gasteiger partial charge in [-0.2, -0.15) is 4.31 Å². The number of hydrogen-bond acceptors (Lipinski definition) is 4. The lowest BCUT2D eigenvalue weighted by atomic mass is 10.1. The number of benzene rings is 2. The number of halogens is 1. The smallest absolute Gasteiger partial charge is 0.251 e. The summed E-state index contributed by atoms with van der Waals surface area (Å²) >= 11 is 6.13. The highest BCUT2D eigenvalue weighted by molar-refractivity contribution is 7.89. The molecule has 0 radical (unpaired) electrons. The van der Waals surface area contributed by atoms with Gasteiger partial charge in [0.05, 0.1) is 11.3 Å². The molecule has 1 aliphatic heterocycles. The zero-order valence-corrected chi connectivity index (χ0v) is 18.5. The van der Waals surface area contributed by atoms with Crippen LogP contribution in [0, 0.1) is 0 Å². The summed E-state index contributed by atoms with van der Waals surface area (Å²) in [4.78, 5) is 26.4. The van der Waals surface area contributed by atoms with E-state index in [1.807, 2.05) is 6.07 Å². The highest BCUT2D eigenvalue weighted by atomic mass is 35.5. The summed E-state index contributed by atoms with van der Waals surface area (Å²) in [6.07, 6.45) is 1.72. The minimum Gasteiger partial charge on any atom is -0.349 e. The molecular weight excluding hydrogens is 438 g/mol. The first kappa shape index (κ1) is 23.0. The number of sulfonamides is 1. The van der Waals surface area contributed by atoms with Crippen molar-refractivity contribution in [2.75, 3.05) is 32.7 Å². The number of rotatable bonds is 7. The second kappa shape index (κ2) is 10.1. The van der Waals surface area contributed by atoms with Crippen LogP contribution in [0.3, 0.4) is 0 Å². The fourth-order valence-corrected chi connectivity index (χ4v) is 4.98. The molecule has 0 bridgehead atoms. The van der Waals surface area contributed by atoms with Crippen molar-refractivity contribution >= 4 is 33.4 Å². The van der Waals surface area contributed by atoms with Gasteiger partial charge in [0, 0.05) is 43.3 Å². The zero-order valence-electron chi connectivity index (χ0n) is 17.0. The SMILES string of the molecule is C=CCNC(=O)c1cccc(S(=O)(=O)N2CCN(C(=O)Cc3ccccc3Cl)CC2)c1. The van der Waals surface area contributed by atoms with Crippen molar-refractivity contribution in [3.8, 4) is 0 Å². The third kappa shape index (κ3) is 5.52. The number of nitrogens with zero attached hydrogens (tertiary/aromatic N) is 2. The minimum absolute atomic E-state index is 0.0506. The minimum atomic E-state index is -3.78. The molecule has 1 fully saturated rings. The molecule has 1 heterocycles. The van der Waals surface area contributed by atoms with Gasteiger partial charge in [0.25, 0.3) is 5.91 Å². The van der Waals surface area contributed by atoms with Crippen molar-refractivity contribution in [3.63, 3.8) is 0 Å². The third-order valence-corrected chi connectivity index (χ3v) is 7.30.